The van der Waals surface area contributed by atoms with Gasteiger partial charge < -0.3 is 15.1 Å². The lowest BCUT2D eigenvalue weighted by Crippen LogP contribution is -2.43. The molecule has 4 heterocycles. The highest BCUT2D eigenvalue weighted by atomic mass is 32.1. The van der Waals surface area contributed by atoms with Crippen LogP contribution in [0.1, 0.15) is 50.9 Å². The van der Waals surface area contributed by atoms with Crippen LogP contribution in [0.4, 0.5) is 18.3 Å². The average molecular weight is 563 g/mol. The largest absolute Gasteiger partial charge is 0.449 e. The Morgan fingerprint density at radius 1 is 1.10 bits per heavy atom. The van der Waals surface area contributed by atoms with Crippen molar-refractivity contribution in [1.82, 2.24) is 24.8 Å². The number of alkyl halides is 3. The van der Waals surface area contributed by atoms with Gasteiger partial charge in [-0.15, -0.1) is 0 Å². The van der Waals surface area contributed by atoms with E-state index in [0.717, 1.165) is 53.8 Å². The van der Waals surface area contributed by atoms with Crippen LogP contribution in [0, 0.1) is 5.92 Å². The molecule has 1 unspecified atom stereocenters. The van der Waals surface area contributed by atoms with Crippen LogP contribution in [-0.2, 0) is 24.1 Å². The first-order chi connectivity index (χ1) is 18.6. The van der Waals surface area contributed by atoms with Crippen LogP contribution < -0.4 is 15.8 Å². The molecule has 2 aliphatic heterocycles. The number of fused-ring (bicyclic) bond motifs is 1. The lowest BCUT2D eigenvalue weighted by atomic mass is 9.96. The molecule has 0 saturated carbocycles. The number of halogens is 3. The molecule has 2 aliphatic rings. The minimum Gasteiger partial charge on any atom is -0.350 e. The van der Waals surface area contributed by atoms with E-state index >= 15 is 0 Å². The van der Waals surface area contributed by atoms with Crippen molar-refractivity contribution < 1.29 is 18.0 Å². The maximum absolute atomic E-state index is 14.1. The molecule has 8 nitrogen and oxygen atoms in total. The first-order valence-corrected chi connectivity index (χ1v) is 14.2. The number of hydrogen-bond acceptors (Lipinski definition) is 7. The number of amides is 1. The molecular formula is C27H33F3N6O2S. The molecule has 1 atom stereocenters. The lowest BCUT2D eigenvalue weighted by Gasteiger charge is -2.35. The molecule has 3 aromatic rings. The second-order valence-electron chi connectivity index (χ2n) is 10.6. The van der Waals surface area contributed by atoms with Gasteiger partial charge in [-0.2, -0.15) is 13.2 Å². The number of thiazole rings is 1. The van der Waals surface area contributed by atoms with E-state index in [1.807, 2.05) is 30.3 Å². The smallest absolute Gasteiger partial charge is 0.350 e. The zero-order valence-electron chi connectivity index (χ0n) is 22.1. The van der Waals surface area contributed by atoms with Crippen LogP contribution in [0.3, 0.4) is 0 Å². The summed E-state index contributed by atoms with van der Waals surface area (Å²) in [6.07, 6.45) is -2.01. The highest BCUT2D eigenvalue weighted by Gasteiger charge is 2.39. The van der Waals surface area contributed by atoms with Gasteiger partial charge in [0, 0.05) is 25.7 Å². The summed E-state index contributed by atoms with van der Waals surface area (Å²) in [7, 11) is 0. The number of benzene rings is 1. The van der Waals surface area contributed by atoms with Gasteiger partial charge in [-0.1, -0.05) is 41.7 Å². The number of carbonyl (C=O) groups is 1. The zero-order chi connectivity index (χ0) is 27.7. The summed E-state index contributed by atoms with van der Waals surface area (Å²) in [4.78, 5) is 38.8. The molecule has 0 radical (unpaired) electrons. The van der Waals surface area contributed by atoms with Gasteiger partial charge in [-0.3, -0.25) is 14.2 Å². The highest BCUT2D eigenvalue weighted by Crippen LogP contribution is 2.35. The number of likely N-dealkylation sites (tertiary alicyclic amines) is 1. The number of hydrogen-bond donors (Lipinski definition) is 1. The summed E-state index contributed by atoms with van der Waals surface area (Å²) in [5.41, 5.74) is 0.123. The Balaban J connectivity index is 1.39. The van der Waals surface area contributed by atoms with Crippen LogP contribution in [0.5, 0.6) is 0 Å². The summed E-state index contributed by atoms with van der Waals surface area (Å²) in [5.74, 6) is -1.41. The van der Waals surface area contributed by atoms with E-state index in [0.29, 0.717) is 30.7 Å². The molecule has 0 aliphatic carbocycles. The molecule has 1 amide bonds. The molecule has 2 fully saturated rings. The number of nitrogens with one attached hydrogen (secondary N) is 1. The van der Waals surface area contributed by atoms with Crippen molar-refractivity contribution >= 4 is 32.7 Å². The van der Waals surface area contributed by atoms with E-state index in [9.17, 15) is 22.8 Å². The molecule has 0 bridgehead atoms. The number of carbonyl (C=O) groups excluding carboxylic acids is 1. The van der Waals surface area contributed by atoms with Crippen LogP contribution >= 0.6 is 11.3 Å². The standard InChI is InChI=1S/C27H33F3N6O2S/c1-17(2)34-13-10-19(11-14-34)16-36-24(38)21-23(33-25(36)27(28,29)30)39-26(32-21)35-12-6-9-20(35)22(37)31-15-18-7-4-3-5-8-18/h3-5,7-8,17,19-20H,6,9-16H2,1-2H3,(H,31,37). The van der Waals surface area contributed by atoms with Gasteiger partial charge in [-0.05, 0) is 64.1 Å². The Morgan fingerprint density at radius 3 is 2.49 bits per heavy atom. The molecule has 1 N–H and O–H groups in total. The van der Waals surface area contributed by atoms with Crippen molar-refractivity contribution in [2.75, 3.05) is 24.5 Å². The SMILES string of the molecule is CC(C)N1CCC(Cn2c(C(F)(F)F)nc3sc(N4CCCC4C(=O)NCc4ccccc4)nc3c2=O)CC1. The Morgan fingerprint density at radius 2 is 1.82 bits per heavy atom. The fourth-order valence-electron chi connectivity index (χ4n) is 5.49. The lowest BCUT2D eigenvalue weighted by molar-refractivity contribution is -0.148. The van der Waals surface area contributed by atoms with E-state index in [4.69, 9.17) is 0 Å². The zero-order valence-corrected chi connectivity index (χ0v) is 22.9. The van der Waals surface area contributed by atoms with Crippen molar-refractivity contribution in [3.8, 4) is 0 Å². The molecule has 1 aromatic carbocycles. The molecule has 12 heteroatoms. The van der Waals surface area contributed by atoms with Gasteiger partial charge in [-0.25, -0.2) is 9.97 Å². The minimum absolute atomic E-state index is 0.0381. The number of nitrogens with zero attached hydrogens (tertiary/aromatic N) is 5. The quantitative estimate of drug-likeness (QED) is 0.463. The normalized spacial score (nSPS) is 19.3. The molecule has 39 heavy (non-hydrogen) atoms. The fraction of sp³-hybridized carbons (Fsp3) is 0.556. The number of aromatic nitrogens is 3. The van der Waals surface area contributed by atoms with E-state index in [-0.39, 0.29) is 28.7 Å². The first kappa shape index (κ1) is 27.6. The monoisotopic (exact) mass is 562 g/mol. The Bertz CT molecular complexity index is 1370. The van der Waals surface area contributed by atoms with E-state index < -0.39 is 23.6 Å². The summed E-state index contributed by atoms with van der Waals surface area (Å²) in [6, 6.07) is 9.40. The van der Waals surface area contributed by atoms with E-state index in [2.05, 4.69) is 34.0 Å². The van der Waals surface area contributed by atoms with Gasteiger partial charge >= 0.3 is 6.18 Å². The fourth-order valence-corrected chi connectivity index (χ4v) is 6.49. The molecule has 2 aromatic heterocycles. The van der Waals surface area contributed by atoms with Crippen molar-refractivity contribution in [1.29, 1.82) is 0 Å². The van der Waals surface area contributed by atoms with Gasteiger partial charge in [0.1, 0.15) is 6.04 Å². The van der Waals surface area contributed by atoms with Crippen LogP contribution in [0.15, 0.2) is 35.1 Å². The maximum atomic E-state index is 14.1. The van der Waals surface area contributed by atoms with Gasteiger partial charge in [0.2, 0.25) is 11.7 Å². The van der Waals surface area contributed by atoms with Crippen molar-refractivity contribution in [3.05, 3.63) is 52.1 Å². The summed E-state index contributed by atoms with van der Waals surface area (Å²) in [5, 5.41) is 3.29. The van der Waals surface area contributed by atoms with Crippen molar-refractivity contribution in [3.63, 3.8) is 0 Å². The summed E-state index contributed by atoms with van der Waals surface area (Å²) in [6.45, 7) is 6.64. The summed E-state index contributed by atoms with van der Waals surface area (Å²) < 4.78 is 43.0. The van der Waals surface area contributed by atoms with Gasteiger partial charge in [0.15, 0.2) is 15.5 Å². The van der Waals surface area contributed by atoms with Gasteiger partial charge in [0.25, 0.3) is 5.56 Å². The predicted octanol–water partition coefficient (Wildman–Crippen LogP) is 4.28. The number of anilines is 1. The first-order valence-electron chi connectivity index (χ1n) is 13.4. The van der Waals surface area contributed by atoms with Gasteiger partial charge in [0.05, 0.1) is 0 Å². The number of rotatable bonds is 7. The second kappa shape index (κ2) is 11.2. The molecule has 5 rings (SSSR count). The van der Waals surface area contributed by atoms with E-state index in [1.54, 1.807) is 4.90 Å². The van der Waals surface area contributed by atoms with Crippen LogP contribution in [-0.4, -0.2) is 57.1 Å². The molecule has 0 spiro atoms. The highest BCUT2D eigenvalue weighted by molar-refractivity contribution is 7.21. The Hall–Kier alpha value is -2.99. The minimum atomic E-state index is -4.77. The van der Waals surface area contributed by atoms with Crippen LogP contribution in [0.25, 0.3) is 10.3 Å². The maximum Gasteiger partial charge on any atom is 0.449 e. The Kier molecular flexibility index (Phi) is 7.95. The van der Waals surface area contributed by atoms with Crippen molar-refractivity contribution in [2.45, 2.75) is 70.9 Å². The van der Waals surface area contributed by atoms with Crippen LogP contribution in [0.2, 0.25) is 0 Å². The average Bonchev–Trinajstić information content (AvgIpc) is 3.57. The molecule has 210 valence electrons. The van der Waals surface area contributed by atoms with E-state index in [1.165, 1.54) is 0 Å². The predicted molar refractivity (Wildman–Crippen MR) is 145 cm³/mol. The Labute approximate surface area is 228 Å². The molecule has 2 saturated heterocycles. The molecular weight excluding hydrogens is 529 g/mol. The summed E-state index contributed by atoms with van der Waals surface area (Å²) >= 11 is 0.937. The third kappa shape index (κ3) is 5.96. The van der Waals surface area contributed by atoms with Crippen molar-refractivity contribution in [2.24, 2.45) is 5.92 Å². The number of piperidine rings is 1. The third-order valence-corrected chi connectivity index (χ3v) is 8.68. The topological polar surface area (TPSA) is 83.4 Å². The second-order valence-corrected chi connectivity index (χ2v) is 11.6. The third-order valence-electron chi connectivity index (χ3n) is 7.69.